The Bertz CT molecular complexity index is 573. The maximum atomic E-state index is 6.27. The van der Waals surface area contributed by atoms with E-state index in [2.05, 4.69) is 5.16 Å². The summed E-state index contributed by atoms with van der Waals surface area (Å²) < 4.78 is 5.51. The molecule has 1 saturated carbocycles. The van der Waals surface area contributed by atoms with Crippen LogP contribution in [0.2, 0.25) is 5.02 Å². The van der Waals surface area contributed by atoms with Crippen LogP contribution < -0.4 is 5.73 Å². The molecule has 3 rings (SSSR count). The second-order valence-electron chi connectivity index (χ2n) is 5.12. The Morgan fingerprint density at radius 1 is 1.16 bits per heavy atom. The standard InChI is InChI=1S/C15H17ClN2O/c16-12-9-5-4-8-11(12)13-14(19-18-15(13)17)10-6-2-1-3-7-10/h4-5,8-10H,1-3,6-7H2,(H2,17,18). The molecule has 0 unspecified atom stereocenters. The molecule has 1 aromatic heterocycles. The van der Waals surface area contributed by atoms with Crippen LogP contribution in [0.5, 0.6) is 0 Å². The molecule has 4 heteroatoms. The monoisotopic (exact) mass is 276 g/mol. The van der Waals surface area contributed by atoms with Gasteiger partial charge in [0.05, 0.1) is 5.56 Å². The lowest BCUT2D eigenvalue weighted by Gasteiger charge is -2.20. The number of hydrogen-bond donors (Lipinski definition) is 1. The lowest BCUT2D eigenvalue weighted by molar-refractivity contribution is 0.323. The highest BCUT2D eigenvalue weighted by Crippen LogP contribution is 2.42. The van der Waals surface area contributed by atoms with Crippen molar-refractivity contribution in [3.05, 3.63) is 35.0 Å². The first-order valence-electron chi connectivity index (χ1n) is 6.77. The average Bonchev–Trinajstić information content (AvgIpc) is 2.82. The number of rotatable bonds is 2. The summed E-state index contributed by atoms with van der Waals surface area (Å²) in [6.45, 7) is 0. The molecule has 0 aliphatic heterocycles. The van der Waals surface area contributed by atoms with Crippen LogP contribution in [0.3, 0.4) is 0 Å². The van der Waals surface area contributed by atoms with Gasteiger partial charge in [-0.3, -0.25) is 0 Å². The van der Waals surface area contributed by atoms with E-state index in [-0.39, 0.29) is 0 Å². The fraction of sp³-hybridized carbons (Fsp3) is 0.400. The van der Waals surface area contributed by atoms with Crippen molar-refractivity contribution >= 4 is 17.4 Å². The number of anilines is 1. The first kappa shape index (κ1) is 12.5. The van der Waals surface area contributed by atoms with Crippen LogP contribution >= 0.6 is 11.6 Å². The summed E-state index contributed by atoms with van der Waals surface area (Å²) >= 11 is 6.27. The summed E-state index contributed by atoms with van der Waals surface area (Å²) in [6, 6.07) is 7.71. The van der Waals surface area contributed by atoms with E-state index in [0.29, 0.717) is 16.8 Å². The Morgan fingerprint density at radius 2 is 1.89 bits per heavy atom. The summed E-state index contributed by atoms with van der Waals surface area (Å²) in [5.41, 5.74) is 7.79. The first-order valence-corrected chi connectivity index (χ1v) is 7.15. The van der Waals surface area contributed by atoms with E-state index in [9.17, 15) is 0 Å². The third-order valence-corrected chi connectivity index (χ3v) is 4.19. The van der Waals surface area contributed by atoms with Crippen LogP contribution in [0.1, 0.15) is 43.8 Å². The fourth-order valence-electron chi connectivity index (χ4n) is 2.89. The molecule has 100 valence electrons. The topological polar surface area (TPSA) is 52.0 Å². The van der Waals surface area contributed by atoms with Crippen LogP contribution in [-0.2, 0) is 0 Å². The molecule has 0 bridgehead atoms. The van der Waals surface area contributed by atoms with Crippen LogP contribution in [-0.4, -0.2) is 5.16 Å². The molecular formula is C15H17ClN2O. The van der Waals surface area contributed by atoms with Gasteiger partial charge in [-0.2, -0.15) is 0 Å². The molecule has 3 nitrogen and oxygen atoms in total. The number of hydrogen-bond acceptors (Lipinski definition) is 3. The van der Waals surface area contributed by atoms with E-state index in [1.807, 2.05) is 24.3 Å². The van der Waals surface area contributed by atoms with E-state index in [1.54, 1.807) is 0 Å². The van der Waals surface area contributed by atoms with Crippen molar-refractivity contribution in [3.8, 4) is 11.1 Å². The van der Waals surface area contributed by atoms with E-state index >= 15 is 0 Å². The Balaban J connectivity index is 2.06. The van der Waals surface area contributed by atoms with Gasteiger partial charge in [0.1, 0.15) is 5.76 Å². The minimum Gasteiger partial charge on any atom is -0.380 e. The van der Waals surface area contributed by atoms with Gasteiger partial charge in [0.25, 0.3) is 0 Å². The molecule has 0 spiro atoms. The molecule has 1 aromatic carbocycles. The number of nitrogen functional groups attached to an aromatic ring is 1. The zero-order chi connectivity index (χ0) is 13.2. The van der Waals surface area contributed by atoms with Crippen molar-refractivity contribution in [2.24, 2.45) is 0 Å². The van der Waals surface area contributed by atoms with Crippen LogP contribution in [0, 0.1) is 0 Å². The highest BCUT2D eigenvalue weighted by Gasteiger charge is 2.26. The highest BCUT2D eigenvalue weighted by molar-refractivity contribution is 6.33. The van der Waals surface area contributed by atoms with Crippen molar-refractivity contribution in [2.45, 2.75) is 38.0 Å². The van der Waals surface area contributed by atoms with Gasteiger partial charge in [0.15, 0.2) is 5.82 Å². The average molecular weight is 277 g/mol. The quantitative estimate of drug-likeness (QED) is 0.870. The Labute approximate surface area is 117 Å². The fourth-order valence-corrected chi connectivity index (χ4v) is 3.12. The van der Waals surface area contributed by atoms with Crippen molar-refractivity contribution in [2.75, 3.05) is 5.73 Å². The van der Waals surface area contributed by atoms with Crippen LogP contribution in [0.15, 0.2) is 28.8 Å². The molecule has 1 aliphatic rings. The number of benzene rings is 1. The van der Waals surface area contributed by atoms with E-state index < -0.39 is 0 Å². The minimum absolute atomic E-state index is 0.421. The summed E-state index contributed by atoms with van der Waals surface area (Å²) in [5, 5.41) is 4.64. The molecule has 1 fully saturated rings. The number of nitrogens with zero attached hydrogens (tertiary/aromatic N) is 1. The molecule has 1 aliphatic carbocycles. The third kappa shape index (κ3) is 2.35. The van der Waals surface area contributed by atoms with Gasteiger partial charge < -0.3 is 10.3 Å². The zero-order valence-corrected chi connectivity index (χ0v) is 11.5. The van der Waals surface area contributed by atoms with Gasteiger partial charge in [0, 0.05) is 16.5 Å². The minimum atomic E-state index is 0.421. The van der Waals surface area contributed by atoms with Gasteiger partial charge >= 0.3 is 0 Å². The van der Waals surface area contributed by atoms with Gasteiger partial charge in [-0.05, 0) is 18.9 Å². The third-order valence-electron chi connectivity index (χ3n) is 3.86. The van der Waals surface area contributed by atoms with Gasteiger partial charge in [-0.15, -0.1) is 0 Å². The predicted molar refractivity (Wildman–Crippen MR) is 77.2 cm³/mol. The molecule has 2 N–H and O–H groups in total. The zero-order valence-electron chi connectivity index (χ0n) is 10.7. The molecule has 1 heterocycles. The normalized spacial score (nSPS) is 16.7. The van der Waals surface area contributed by atoms with E-state index in [1.165, 1.54) is 19.3 Å². The Kier molecular flexibility index (Phi) is 3.47. The van der Waals surface area contributed by atoms with Crippen LogP contribution in [0.4, 0.5) is 5.82 Å². The SMILES string of the molecule is Nc1noc(C2CCCCC2)c1-c1ccccc1Cl. The smallest absolute Gasteiger partial charge is 0.175 e. The Hall–Kier alpha value is -1.48. The number of halogens is 1. The molecule has 0 saturated heterocycles. The predicted octanol–water partition coefficient (Wildman–Crippen LogP) is 4.62. The summed E-state index contributed by atoms with van der Waals surface area (Å²) in [6.07, 6.45) is 6.08. The largest absolute Gasteiger partial charge is 0.380 e. The molecular weight excluding hydrogens is 260 g/mol. The number of nitrogens with two attached hydrogens (primary N) is 1. The Morgan fingerprint density at radius 3 is 2.63 bits per heavy atom. The molecule has 0 amide bonds. The van der Waals surface area contributed by atoms with E-state index in [4.69, 9.17) is 21.9 Å². The first-order chi connectivity index (χ1) is 9.27. The molecule has 2 aromatic rings. The van der Waals surface area contributed by atoms with Crippen LogP contribution in [0.25, 0.3) is 11.1 Å². The van der Waals surface area contributed by atoms with Crippen molar-refractivity contribution < 1.29 is 4.52 Å². The maximum absolute atomic E-state index is 6.27. The van der Waals surface area contributed by atoms with Gasteiger partial charge in [0.2, 0.25) is 0 Å². The summed E-state index contributed by atoms with van der Waals surface area (Å²) in [4.78, 5) is 0. The summed E-state index contributed by atoms with van der Waals surface area (Å²) in [5.74, 6) is 1.77. The molecule has 19 heavy (non-hydrogen) atoms. The second kappa shape index (κ2) is 5.25. The van der Waals surface area contributed by atoms with Crippen molar-refractivity contribution in [1.82, 2.24) is 5.16 Å². The lowest BCUT2D eigenvalue weighted by atomic mass is 9.85. The lowest BCUT2D eigenvalue weighted by Crippen LogP contribution is -2.05. The maximum Gasteiger partial charge on any atom is 0.175 e. The van der Waals surface area contributed by atoms with Crippen molar-refractivity contribution in [3.63, 3.8) is 0 Å². The second-order valence-corrected chi connectivity index (χ2v) is 5.53. The number of aromatic nitrogens is 1. The summed E-state index contributed by atoms with van der Waals surface area (Å²) in [7, 11) is 0. The van der Waals surface area contributed by atoms with Crippen molar-refractivity contribution in [1.29, 1.82) is 0 Å². The molecule has 0 radical (unpaired) electrons. The van der Waals surface area contributed by atoms with E-state index in [0.717, 1.165) is 29.7 Å². The van der Waals surface area contributed by atoms with Gasteiger partial charge in [-0.25, -0.2) is 0 Å². The highest BCUT2D eigenvalue weighted by atomic mass is 35.5. The molecule has 0 atom stereocenters. The van der Waals surface area contributed by atoms with Gasteiger partial charge in [-0.1, -0.05) is 54.2 Å².